The summed E-state index contributed by atoms with van der Waals surface area (Å²) in [5.74, 6) is 1.94. The van der Waals surface area contributed by atoms with Crippen molar-refractivity contribution in [3.05, 3.63) is 51.4 Å². The molecule has 0 amide bonds. The summed E-state index contributed by atoms with van der Waals surface area (Å²) in [5.41, 5.74) is 3.82. The van der Waals surface area contributed by atoms with E-state index < -0.39 is 0 Å². The quantitative estimate of drug-likeness (QED) is 0.849. The predicted molar refractivity (Wildman–Crippen MR) is 89.8 cm³/mol. The van der Waals surface area contributed by atoms with Gasteiger partial charge in [0.05, 0.1) is 0 Å². The molecule has 0 aliphatic heterocycles. The number of aryl methyl sites for hydroxylation is 1. The summed E-state index contributed by atoms with van der Waals surface area (Å²) in [4.78, 5) is 9.57. The van der Waals surface area contributed by atoms with Crippen molar-refractivity contribution in [2.24, 2.45) is 0 Å². The van der Waals surface area contributed by atoms with Crippen molar-refractivity contribution in [3.63, 3.8) is 0 Å². The van der Waals surface area contributed by atoms with Gasteiger partial charge in [-0.15, -0.1) is 0 Å². The van der Waals surface area contributed by atoms with Gasteiger partial charge in [0.15, 0.2) is 0 Å². The molecule has 1 N–H and O–H groups in total. The number of halogens is 1. The summed E-state index contributed by atoms with van der Waals surface area (Å²) in [5, 5.41) is 3.26. The van der Waals surface area contributed by atoms with Gasteiger partial charge in [-0.2, -0.15) is 0 Å². The smallest absolute Gasteiger partial charge is 0.135 e. The van der Waals surface area contributed by atoms with Gasteiger partial charge in [0.25, 0.3) is 0 Å². The van der Waals surface area contributed by atoms with Crippen LogP contribution in [0.3, 0.4) is 0 Å². The van der Waals surface area contributed by atoms with Crippen LogP contribution >= 0.6 is 15.9 Å². The number of benzene rings is 1. The Balaban J connectivity index is 1.92. The van der Waals surface area contributed by atoms with Gasteiger partial charge >= 0.3 is 0 Å². The van der Waals surface area contributed by atoms with E-state index in [1.807, 2.05) is 7.05 Å². The van der Waals surface area contributed by atoms with E-state index in [1.54, 1.807) is 0 Å². The van der Waals surface area contributed by atoms with Gasteiger partial charge < -0.3 is 5.32 Å². The van der Waals surface area contributed by atoms with Crippen molar-refractivity contribution >= 4 is 21.7 Å². The monoisotopic (exact) mass is 345 g/mol. The fraction of sp³-hybridized carbons (Fsp3) is 0.412. The fourth-order valence-electron chi connectivity index (χ4n) is 2.89. The molecule has 0 saturated carbocycles. The van der Waals surface area contributed by atoms with E-state index in [9.17, 15) is 0 Å². The van der Waals surface area contributed by atoms with Crippen LogP contribution in [0.15, 0.2) is 28.7 Å². The lowest BCUT2D eigenvalue weighted by atomic mass is 10.1. The first-order chi connectivity index (χ1) is 10.3. The molecule has 1 aliphatic rings. The van der Waals surface area contributed by atoms with Gasteiger partial charge in [-0.3, -0.25) is 0 Å². The molecule has 0 atom stereocenters. The molecule has 0 fully saturated rings. The van der Waals surface area contributed by atoms with E-state index in [2.05, 4.69) is 45.5 Å². The summed E-state index contributed by atoms with van der Waals surface area (Å²) in [6.45, 7) is 0. The third kappa shape index (κ3) is 3.43. The molecule has 1 aromatic heterocycles. The number of hydrogen-bond donors (Lipinski definition) is 1. The first-order valence-electron chi connectivity index (χ1n) is 7.57. The highest BCUT2D eigenvalue weighted by atomic mass is 79.9. The topological polar surface area (TPSA) is 37.8 Å². The van der Waals surface area contributed by atoms with Crippen molar-refractivity contribution in [1.29, 1.82) is 0 Å². The van der Waals surface area contributed by atoms with Gasteiger partial charge in [-0.25, -0.2) is 9.97 Å². The third-order valence-corrected chi connectivity index (χ3v) is 4.52. The largest absolute Gasteiger partial charge is 0.373 e. The predicted octanol–water partition coefficient (Wildman–Crippen LogP) is 4.14. The number of nitrogens with zero attached hydrogens (tertiary/aromatic N) is 2. The molecule has 3 rings (SSSR count). The van der Waals surface area contributed by atoms with Crippen LogP contribution in [-0.4, -0.2) is 17.0 Å². The Morgan fingerprint density at radius 1 is 1.05 bits per heavy atom. The second kappa shape index (κ2) is 6.56. The van der Waals surface area contributed by atoms with Crippen LogP contribution in [0.4, 0.5) is 5.82 Å². The van der Waals surface area contributed by atoms with Crippen LogP contribution < -0.4 is 5.32 Å². The van der Waals surface area contributed by atoms with E-state index in [0.717, 1.165) is 35.4 Å². The molecule has 0 unspecified atom stereocenters. The lowest BCUT2D eigenvalue weighted by Crippen LogP contribution is -2.09. The molecule has 0 spiro atoms. The Bertz CT molecular complexity index is 623. The maximum atomic E-state index is 4.84. The molecule has 1 aromatic carbocycles. The number of fused-ring (bicyclic) bond motifs is 1. The molecule has 0 bridgehead atoms. The zero-order chi connectivity index (χ0) is 14.7. The average Bonchev–Trinajstić information content (AvgIpc) is 2.74. The summed E-state index contributed by atoms with van der Waals surface area (Å²) in [6.07, 6.45) is 6.75. The molecule has 1 aliphatic carbocycles. The van der Waals surface area contributed by atoms with E-state index >= 15 is 0 Å². The zero-order valence-corrected chi connectivity index (χ0v) is 13.9. The maximum Gasteiger partial charge on any atom is 0.135 e. The minimum Gasteiger partial charge on any atom is -0.373 e. The fourth-order valence-corrected chi connectivity index (χ4v) is 3.16. The Kier molecular flexibility index (Phi) is 4.54. The van der Waals surface area contributed by atoms with Crippen LogP contribution in [0.2, 0.25) is 0 Å². The van der Waals surface area contributed by atoms with Gasteiger partial charge in [0.1, 0.15) is 11.6 Å². The van der Waals surface area contributed by atoms with Gasteiger partial charge in [0.2, 0.25) is 0 Å². The van der Waals surface area contributed by atoms with Gasteiger partial charge in [0, 0.05) is 29.2 Å². The highest BCUT2D eigenvalue weighted by molar-refractivity contribution is 9.10. The molecule has 3 nitrogen and oxygen atoms in total. The van der Waals surface area contributed by atoms with Crippen molar-refractivity contribution in [2.45, 2.75) is 38.5 Å². The number of aromatic nitrogens is 2. The van der Waals surface area contributed by atoms with E-state index in [1.165, 1.54) is 36.1 Å². The molecule has 0 radical (unpaired) electrons. The van der Waals surface area contributed by atoms with Crippen molar-refractivity contribution in [2.75, 3.05) is 12.4 Å². The third-order valence-electron chi connectivity index (χ3n) is 3.99. The van der Waals surface area contributed by atoms with Crippen molar-refractivity contribution in [3.8, 4) is 0 Å². The molecule has 2 aromatic rings. The molecule has 0 saturated heterocycles. The number of anilines is 1. The second-order valence-electron chi connectivity index (χ2n) is 5.53. The summed E-state index contributed by atoms with van der Waals surface area (Å²) < 4.78 is 1.10. The van der Waals surface area contributed by atoms with Gasteiger partial charge in [-0.1, -0.05) is 34.5 Å². The lowest BCUT2D eigenvalue weighted by molar-refractivity contribution is 0.708. The minimum atomic E-state index is 0.787. The van der Waals surface area contributed by atoms with Crippen LogP contribution in [0.25, 0.3) is 0 Å². The standard InChI is InChI=1S/C17H20BrN3/c1-19-17-14-5-3-2-4-6-15(14)20-16(21-17)11-12-7-9-13(18)10-8-12/h7-10H,2-6,11H2,1H3,(H,19,20,21). The van der Waals surface area contributed by atoms with Crippen LogP contribution in [0, 0.1) is 0 Å². The number of nitrogens with one attached hydrogen (secondary N) is 1. The van der Waals surface area contributed by atoms with Crippen LogP contribution in [0.1, 0.15) is 41.9 Å². The lowest BCUT2D eigenvalue weighted by Gasteiger charge is -2.13. The maximum absolute atomic E-state index is 4.84. The van der Waals surface area contributed by atoms with Crippen molar-refractivity contribution in [1.82, 2.24) is 9.97 Å². The highest BCUT2D eigenvalue weighted by Crippen LogP contribution is 2.25. The van der Waals surface area contributed by atoms with Crippen LogP contribution in [0.5, 0.6) is 0 Å². The second-order valence-corrected chi connectivity index (χ2v) is 6.44. The molecule has 21 heavy (non-hydrogen) atoms. The average molecular weight is 346 g/mol. The Morgan fingerprint density at radius 2 is 1.81 bits per heavy atom. The highest BCUT2D eigenvalue weighted by Gasteiger charge is 2.16. The number of rotatable bonds is 3. The SMILES string of the molecule is CNc1nc(Cc2ccc(Br)cc2)nc2c1CCCCC2. The van der Waals surface area contributed by atoms with E-state index in [-0.39, 0.29) is 0 Å². The first-order valence-corrected chi connectivity index (χ1v) is 8.36. The van der Waals surface area contributed by atoms with Gasteiger partial charge in [-0.05, 0) is 43.4 Å². The zero-order valence-electron chi connectivity index (χ0n) is 12.3. The Hall–Kier alpha value is -1.42. The molecular weight excluding hydrogens is 326 g/mol. The first kappa shape index (κ1) is 14.5. The molecule has 1 heterocycles. The Labute approximate surface area is 134 Å². The van der Waals surface area contributed by atoms with E-state index in [0.29, 0.717) is 0 Å². The normalized spacial score (nSPS) is 14.4. The summed E-state index contributed by atoms with van der Waals surface area (Å²) in [7, 11) is 1.96. The molecule has 4 heteroatoms. The van der Waals surface area contributed by atoms with Crippen molar-refractivity contribution < 1.29 is 0 Å². The molecular formula is C17H20BrN3. The molecule has 110 valence electrons. The minimum absolute atomic E-state index is 0.787. The van der Waals surface area contributed by atoms with Crippen LogP contribution in [-0.2, 0) is 19.3 Å². The van der Waals surface area contributed by atoms with E-state index in [4.69, 9.17) is 9.97 Å². The Morgan fingerprint density at radius 3 is 2.57 bits per heavy atom. The number of hydrogen-bond acceptors (Lipinski definition) is 3. The summed E-state index contributed by atoms with van der Waals surface area (Å²) >= 11 is 3.47. The summed E-state index contributed by atoms with van der Waals surface area (Å²) in [6, 6.07) is 8.38.